The molecule has 1 aliphatic rings. The predicted molar refractivity (Wildman–Crippen MR) is 117 cm³/mol. The molecule has 1 aliphatic heterocycles. The van der Waals surface area contributed by atoms with Crippen molar-refractivity contribution in [2.45, 2.75) is 25.6 Å². The Labute approximate surface area is 196 Å². The minimum absolute atomic E-state index is 0.0352. The number of rotatable bonds is 6. The maximum Gasteiger partial charge on any atom is 0.416 e. The molecule has 4 rings (SSSR count). The molecule has 12 heteroatoms. The molecule has 0 saturated carbocycles. The highest BCUT2D eigenvalue weighted by Crippen LogP contribution is 2.29. The van der Waals surface area contributed by atoms with Crippen LogP contribution in [0.25, 0.3) is 0 Å². The predicted octanol–water partition coefficient (Wildman–Crippen LogP) is 3.42. The first-order chi connectivity index (χ1) is 16.2. The number of nitrogens with zero attached hydrogens (tertiary/aromatic N) is 3. The number of hydrogen-bond acceptors (Lipinski definition) is 6. The molecule has 3 aromatic rings. The molecule has 1 aromatic carbocycles. The molecule has 0 atom stereocenters. The lowest BCUT2D eigenvalue weighted by Gasteiger charge is -2.28. The number of amides is 1. The minimum Gasteiger partial charge on any atom is -0.440 e. The third-order valence-corrected chi connectivity index (χ3v) is 5.63. The van der Waals surface area contributed by atoms with Crippen LogP contribution in [0.5, 0.6) is 0 Å². The van der Waals surface area contributed by atoms with Gasteiger partial charge in [0.2, 0.25) is 5.95 Å². The Morgan fingerprint density at radius 2 is 1.97 bits per heavy atom. The lowest BCUT2D eigenvalue weighted by atomic mass is 10.1. The van der Waals surface area contributed by atoms with Gasteiger partial charge in [0.25, 0.3) is 11.5 Å². The molecule has 0 saturated heterocycles. The van der Waals surface area contributed by atoms with Gasteiger partial charge in [0.1, 0.15) is 7.11 Å². The Hall–Kier alpha value is -3.47. The second-order valence-electron chi connectivity index (χ2n) is 7.59. The molecular weight excluding hydrogens is 477 g/mol. The van der Waals surface area contributed by atoms with Gasteiger partial charge in [0.15, 0.2) is 11.0 Å². The maximum absolute atomic E-state index is 13.0. The van der Waals surface area contributed by atoms with E-state index in [0.29, 0.717) is 42.8 Å². The summed E-state index contributed by atoms with van der Waals surface area (Å²) in [5.74, 6) is -0.134. The van der Waals surface area contributed by atoms with Gasteiger partial charge < -0.3 is 19.5 Å². The van der Waals surface area contributed by atoms with Gasteiger partial charge in [-0.1, -0.05) is 12.1 Å². The fourth-order valence-corrected chi connectivity index (χ4v) is 3.82. The average Bonchev–Trinajstić information content (AvgIpc) is 3.24. The van der Waals surface area contributed by atoms with E-state index in [0.717, 1.165) is 16.9 Å². The number of carbonyl (C=O) groups excluding carboxylic acids is 1. The van der Waals surface area contributed by atoms with Crippen molar-refractivity contribution in [1.29, 1.82) is 0 Å². The Balaban J connectivity index is 1.46. The van der Waals surface area contributed by atoms with Crippen LogP contribution in [0, 0.1) is 0 Å². The number of anilines is 1. The largest absolute Gasteiger partial charge is 0.440 e. The van der Waals surface area contributed by atoms with Gasteiger partial charge in [0.05, 0.1) is 23.4 Å². The van der Waals surface area contributed by atoms with Gasteiger partial charge in [-0.25, -0.2) is 4.98 Å². The van der Waals surface area contributed by atoms with Crippen LogP contribution in [0.15, 0.2) is 45.6 Å². The van der Waals surface area contributed by atoms with Gasteiger partial charge in [-0.3, -0.25) is 9.59 Å². The molecule has 0 spiro atoms. The molecule has 2 aromatic heterocycles. The molecule has 0 aliphatic carbocycles. The molecule has 3 heterocycles. The Morgan fingerprint density at radius 1 is 1.24 bits per heavy atom. The van der Waals surface area contributed by atoms with Crippen LogP contribution in [0.4, 0.5) is 19.1 Å². The number of fused-ring (bicyclic) bond motifs is 1. The number of alkyl halides is 3. The summed E-state index contributed by atoms with van der Waals surface area (Å²) >= 11 is 5.74. The molecule has 0 bridgehead atoms. The third-order valence-electron chi connectivity index (χ3n) is 5.42. The molecule has 180 valence electrons. The van der Waals surface area contributed by atoms with Gasteiger partial charge in [-0.2, -0.15) is 13.2 Å². The molecule has 1 amide bonds. The lowest BCUT2D eigenvalue weighted by Crippen LogP contribution is -2.42. The fraction of sp³-hybridized carbons (Fsp3) is 0.318. The molecule has 0 fully saturated rings. The van der Waals surface area contributed by atoms with E-state index in [4.69, 9.17) is 20.9 Å². The van der Waals surface area contributed by atoms with Crippen LogP contribution < -0.4 is 15.7 Å². The van der Waals surface area contributed by atoms with Crippen molar-refractivity contribution in [3.63, 3.8) is 0 Å². The quantitative estimate of drug-likeness (QED) is 0.562. The maximum atomic E-state index is 13.0. The van der Waals surface area contributed by atoms with Crippen molar-refractivity contribution >= 4 is 23.5 Å². The number of furan rings is 1. The van der Waals surface area contributed by atoms with Gasteiger partial charge in [0, 0.05) is 19.5 Å². The normalized spacial score (nSPS) is 13.5. The van der Waals surface area contributed by atoms with Crippen LogP contribution in [0.1, 0.15) is 32.9 Å². The summed E-state index contributed by atoms with van der Waals surface area (Å²) in [6.07, 6.45) is -3.63. The van der Waals surface area contributed by atoms with E-state index < -0.39 is 17.3 Å². The van der Waals surface area contributed by atoms with Crippen molar-refractivity contribution < 1.29 is 27.2 Å². The summed E-state index contributed by atoms with van der Waals surface area (Å²) in [6.45, 7) is 0.676. The fourth-order valence-electron chi connectivity index (χ4n) is 3.68. The highest BCUT2D eigenvalue weighted by Gasteiger charge is 2.30. The SMILES string of the molecule is COn1c(NCCc2ccc(C(F)(F)F)cc2)nc2c(c1=O)CN(C(=O)c1ccc(Cl)o1)CC2. The third kappa shape index (κ3) is 4.89. The number of aromatic nitrogens is 2. The van der Waals surface area contributed by atoms with E-state index in [1.165, 1.54) is 36.3 Å². The first-order valence-corrected chi connectivity index (χ1v) is 10.7. The number of halogens is 4. The summed E-state index contributed by atoms with van der Waals surface area (Å²) in [7, 11) is 1.31. The summed E-state index contributed by atoms with van der Waals surface area (Å²) in [5.41, 5.74) is 0.386. The number of hydrogen-bond donors (Lipinski definition) is 1. The van der Waals surface area contributed by atoms with E-state index >= 15 is 0 Å². The van der Waals surface area contributed by atoms with E-state index in [2.05, 4.69) is 10.3 Å². The Bertz CT molecular complexity index is 1250. The first-order valence-electron chi connectivity index (χ1n) is 10.3. The Morgan fingerprint density at radius 3 is 2.59 bits per heavy atom. The number of nitrogens with one attached hydrogen (secondary N) is 1. The van der Waals surface area contributed by atoms with Crippen molar-refractivity contribution in [2.24, 2.45) is 0 Å². The van der Waals surface area contributed by atoms with Gasteiger partial charge in [-0.05, 0) is 47.9 Å². The first kappa shape index (κ1) is 23.7. The van der Waals surface area contributed by atoms with Crippen molar-refractivity contribution in [1.82, 2.24) is 14.6 Å². The standard InChI is InChI=1S/C22H20ClF3N4O4/c1-33-30-19(31)15-12-29(20(32)17-6-7-18(23)34-17)11-9-16(15)28-21(30)27-10-8-13-2-4-14(5-3-13)22(24,25)26/h2-7H,8-12H2,1H3,(H,27,28). The minimum atomic E-state index is -4.39. The van der Waals surface area contributed by atoms with Crippen LogP contribution >= 0.6 is 11.6 Å². The van der Waals surface area contributed by atoms with E-state index in [1.54, 1.807) is 0 Å². The zero-order valence-electron chi connectivity index (χ0n) is 18.0. The monoisotopic (exact) mass is 496 g/mol. The van der Waals surface area contributed by atoms with Crippen LogP contribution in [0.3, 0.4) is 0 Å². The smallest absolute Gasteiger partial charge is 0.416 e. The van der Waals surface area contributed by atoms with Crippen LogP contribution in [-0.2, 0) is 25.6 Å². The highest BCUT2D eigenvalue weighted by atomic mass is 35.5. The summed E-state index contributed by atoms with van der Waals surface area (Å²) in [6, 6.07) is 7.81. The average molecular weight is 497 g/mol. The van der Waals surface area contributed by atoms with Crippen LogP contribution in [0.2, 0.25) is 5.22 Å². The molecule has 34 heavy (non-hydrogen) atoms. The molecular formula is C22H20ClF3N4O4. The molecule has 8 nitrogen and oxygen atoms in total. The second-order valence-corrected chi connectivity index (χ2v) is 7.97. The van der Waals surface area contributed by atoms with Crippen molar-refractivity contribution in [3.05, 3.63) is 80.1 Å². The topological polar surface area (TPSA) is 89.6 Å². The van der Waals surface area contributed by atoms with Crippen molar-refractivity contribution in [2.75, 3.05) is 25.5 Å². The summed E-state index contributed by atoms with van der Waals surface area (Å²) in [5, 5.41) is 3.10. The number of carbonyl (C=O) groups is 1. The van der Waals surface area contributed by atoms with Crippen LogP contribution in [-0.4, -0.2) is 40.7 Å². The molecule has 0 radical (unpaired) electrons. The molecule has 0 unspecified atom stereocenters. The van der Waals surface area contributed by atoms with E-state index in [9.17, 15) is 22.8 Å². The Kier molecular flexibility index (Phi) is 6.56. The van der Waals surface area contributed by atoms with Gasteiger partial charge >= 0.3 is 6.18 Å². The summed E-state index contributed by atoms with van der Waals surface area (Å²) in [4.78, 5) is 36.8. The van der Waals surface area contributed by atoms with E-state index in [1.807, 2.05) is 0 Å². The molecule has 1 N–H and O–H groups in total. The lowest BCUT2D eigenvalue weighted by molar-refractivity contribution is -0.137. The van der Waals surface area contributed by atoms with E-state index in [-0.39, 0.29) is 29.4 Å². The van der Waals surface area contributed by atoms with Crippen molar-refractivity contribution in [3.8, 4) is 0 Å². The zero-order chi connectivity index (χ0) is 24.5. The highest BCUT2D eigenvalue weighted by molar-refractivity contribution is 6.29. The summed E-state index contributed by atoms with van der Waals surface area (Å²) < 4.78 is 44.3. The number of benzene rings is 1. The van der Waals surface area contributed by atoms with Gasteiger partial charge in [-0.15, -0.1) is 4.73 Å². The second kappa shape index (κ2) is 9.41. The zero-order valence-corrected chi connectivity index (χ0v) is 18.7.